The first-order valence-corrected chi connectivity index (χ1v) is 5.75. The van der Waals surface area contributed by atoms with Gasteiger partial charge >= 0.3 is 5.97 Å². The number of nitrogens with one attached hydrogen (secondary N) is 1. The molecular weight excluding hydrogens is 286 g/mol. The summed E-state index contributed by atoms with van der Waals surface area (Å²) in [6.07, 6.45) is 1.76. The molecule has 10 nitrogen and oxygen atoms in total. The molecule has 10 heteroatoms. The molecule has 1 aromatic rings. The van der Waals surface area contributed by atoms with Crippen LogP contribution in [0.4, 0.5) is 11.4 Å². The molecule has 112 valence electrons. The Kier molecular flexibility index (Phi) is 5.29. The molecule has 1 aromatic carbocycles. The van der Waals surface area contributed by atoms with Gasteiger partial charge in [0.05, 0.1) is 21.5 Å². The van der Waals surface area contributed by atoms with Crippen molar-refractivity contribution < 1.29 is 24.5 Å². The van der Waals surface area contributed by atoms with Crippen LogP contribution < -0.4 is 5.32 Å². The zero-order chi connectivity index (χ0) is 16.0. The van der Waals surface area contributed by atoms with Crippen LogP contribution in [0.3, 0.4) is 0 Å². The molecule has 21 heavy (non-hydrogen) atoms. The number of amides is 1. The van der Waals surface area contributed by atoms with Crippen LogP contribution in [0.25, 0.3) is 0 Å². The van der Waals surface area contributed by atoms with E-state index in [-0.39, 0.29) is 5.91 Å². The van der Waals surface area contributed by atoms with Crippen molar-refractivity contribution in [3.63, 3.8) is 0 Å². The van der Waals surface area contributed by atoms with Gasteiger partial charge in [0, 0.05) is 25.1 Å². The Morgan fingerprint density at radius 3 is 1.90 bits per heavy atom. The molecule has 1 saturated heterocycles. The van der Waals surface area contributed by atoms with Gasteiger partial charge in [0.15, 0.2) is 0 Å². The van der Waals surface area contributed by atoms with Gasteiger partial charge in [-0.2, -0.15) is 0 Å². The Morgan fingerprint density at radius 2 is 1.67 bits per heavy atom. The van der Waals surface area contributed by atoms with Gasteiger partial charge in [0.2, 0.25) is 5.91 Å². The van der Waals surface area contributed by atoms with Crippen molar-refractivity contribution in [1.82, 2.24) is 5.32 Å². The standard InChI is InChI=1S/C7H4N2O6.C4H7NO/c10-7(11)4-1-5(8(12)13)3-6(2-4)9(14)15;6-4-2-1-3-5-4/h1-3H,(H,10,11);1-3H2,(H,5,6). The van der Waals surface area contributed by atoms with Crippen molar-refractivity contribution in [1.29, 1.82) is 0 Å². The van der Waals surface area contributed by atoms with Crippen molar-refractivity contribution in [3.8, 4) is 0 Å². The van der Waals surface area contributed by atoms with Crippen LogP contribution >= 0.6 is 0 Å². The predicted molar refractivity (Wildman–Crippen MR) is 69.0 cm³/mol. The number of nitrogens with zero attached hydrogens (tertiary/aromatic N) is 2. The third-order valence-electron chi connectivity index (χ3n) is 2.47. The molecule has 0 unspecified atom stereocenters. The summed E-state index contributed by atoms with van der Waals surface area (Å²) in [4.78, 5) is 39.5. The lowest BCUT2D eigenvalue weighted by atomic mass is 10.2. The minimum Gasteiger partial charge on any atom is -0.478 e. The average molecular weight is 297 g/mol. The summed E-state index contributed by atoms with van der Waals surface area (Å²) in [5.74, 6) is -1.25. The third-order valence-corrected chi connectivity index (χ3v) is 2.47. The number of aromatic carboxylic acids is 1. The lowest BCUT2D eigenvalue weighted by Crippen LogP contribution is -2.12. The number of carboxylic acid groups (broad SMARTS) is 1. The van der Waals surface area contributed by atoms with Gasteiger partial charge in [-0.3, -0.25) is 25.0 Å². The van der Waals surface area contributed by atoms with Gasteiger partial charge < -0.3 is 10.4 Å². The highest BCUT2D eigenvalue weighted by molar-refractivity contribution is 5.89. The van der Waals surface area contributed by atoms with E-state index in [2.05, 4.69) is 5.32 Å². The number of hydrogen-bond acceptors (Lipinski definition) is 6. The molecule has 2 rings (SSSR count). The van der Waals surface area contributed by atoms with Crippen LogP contribution in [0.1, 0.15) is 23.2 Å². The van der Waals surface area contributed by atoms with Crippen molar-refractivity contribution >= 4 is 23.3 Å². The highest BCUT2D eigenvalue weighted by atomic mass is 16.6. The van der Waals surface area contributed by atoms with E-state index >= 15 is 0 Å². The first-order chi connectivity index (χ1) is 9.81. The molecule has 0 bridgehead atoms. The van der Waals surface area contributed by atoms with Gasteiger partial charge in [-0.05, 0) is 6.42 Å². The summed E-state index contributed by atoms with van der Waals surface area (Å²) in [5, 5.41) is 31.9. The zero-order valence-electron chi connectivity index (χ0n) is 10.6. The normalized spacial score (nSPS) is 12.9. The highest BCUT2D eigenvalue weighted by Gasteiger charge is 2.19. The number of carbonyl (C=O) groups excluding carboxylic acids is 1. The minimum absolute atomic E-state index is 0.204. The fraction of sp³-hybridized carbons (Fsp3) is 0.273. The molecule has 1 amide bonds. The molecule has 0 aliphatic carbocycles. The lowest BCUT2D eigenvalue weighted by molar-refractivity contribution is -0.394. The Balaban J connectivity index is 0.000000304. The minimum atomic E-state index is -1.46. The van der Waals surface area contributed by atoms with Gasteiger partial charge in [-0.15, -0.1) is 0 Å². The van der Waals surface area contributed by atoms with Crippen LogP contribution in [0.15, 0.2) is 18.2 Å². The van der Waals surface area contributed by atoms with E-state index in [0.717, 1.165) is 31.5 Å². The van der Waals surface area contributed by atoms with Crippen molar-refractivity contribution in [2.75, 3.05) is 6.54 Å². The second kappa shape index (κ2) is 6.93. The molecule has 1 aliphatic heterocycles. The van der Waals surface area contributed by atoms with E-state index in [4.69, 9.17) is 5.11 Å². The number of nitro benzene ring substituents is 2. The number of hydrogen-bond donors (Lipinski definition) is 2. The van der Waals surface area contributed by atoms with Crippen molar-refractivity contribution in [2.45, 2.75) is 12.8 Å². The molecule has 0 saturated carbocycles. The number of carboxylic acids is 1. The third kappa shape index (κ3) is 4.86. The highest BCUT2D eigenvalue weighted by Crippen LogP contribution is 2.22. The molecule has 1 fully saturated rings. The van der Waals surface area contributed by atoms with Crippen LogP contribution in [-0.4, -0.2) is 33.4 Å². The summed E-state index contributed by atoms with van der Waals surface area (Å²) in [5.41, 5.74) is -1.74. The summed E-state index contributed by atoms with van der Waals surface area (Å²) < 4.78 is 0. The molecule has 2 N–H and O–H groups in total. The van der Waals surface area contributed by atoms with E-state index in [1.54, 1.807) is 0 Å². The molecule has 1 heterocycles. The summed E-state index contributed by atoms with van der Waals surface area (Å²) in [6.45, 7) is 0.888. The fourth-order valence-corrected chi connectivity index (χ4v) is 1.49. The van der Waals surface area contributed by atoms with Crippen molar-refractivity contribution in [2.24, 2.45) is 0 Å². The molecule has 0 aromatic heterocycles. The smallest absolute Gasteiger partial charge is 0.336 e. The van der Waals surface area contributed by atoms with E-state index in [1.807, 2.05) is 0 Å². The van der Waals surface area contributed by atoms with E-state index in [9.17, 15) is 29.8 Å². The molecule has 0 spiro atoms. The summed E-state index contributed by atoms with van der Waals surface area (Å²) >= 11 is 0. The van der Waals surface area contributed by atoms with Crippen LogP contribution in [0.5, 0.6) is 0 Å². The Hall–Kier alpha value is -3.04. The summed E-state index contributed by atoms with van der Waals surface area (Å²) in [6, 6.07) is 2.22. The predicted octanol–water partition coefficient (Wildman–Crippen LogP) is 1.10. The average Bonchev–Trinajstić information content (AvgIpc) is 2.89. The lowest BCUT2D eigenvalue weighted by Gasteiger charge is -1.96. The van der Waals surface area contributed by atoms with Gasteiger partial charge in [0.1, 0.15) is 0 Å². The zero-order valence-corrected chi connectivity index (χ0v) is 10.6. The van der Waals surface area contributed by atoms with Gasteiger partial charge in [0.25, 0.3) is 11.4 Å². The fourth-order valence-electron chi connectivity index (χ4n) is 1.49. The maximum absolute atomic E-state index is 10.5. The monoisotopic (exact) mass is 297 g/mol. The van der Waals surface area contributed by atoms with E-state index in [0.29, 0.717) is 6.07 Å². The Morgan fingerprint density at radius 1 is 1.14 bits per heavy atom. The van der Waals surface area contributed by atoms with Gasteiger partial charge in [-0.1, -0.05) is 0 Å². The van der Waals surface area contributed by atoms with Crippen LogP contribution in [0.2, 0.25) is 0 Å². The second-order valence-electron chi connectivity index (χ2n) is 4.01. The maximum Gasteiger partial charge on any atom is 0.336 e. The van der Waals surface area contributed by atoms with Crippen LogP contribution in [0, 0.1) is 20.2 Å². The summed E-state index contributed by atoms with van der Waals surface area (Å²) in [7, 11) is 0. The van der Waals surface area contributed by atoms with Gasteiger partial charge in [-0.25, -0.2) is 4.79 Å². The SMILES string of the molecule is O=C(O)c1cc([N+](=O)[O-])cc([N+](=O)[O-])c1.O=C1CCCN1. The molecular formula is C11H11N3O7. The number of carbonyl (C=O) groups is 2. The second-order valence-corrected chi connectivity index (χ2v) is 4.01. The van der Waals surface area contributed by atoms with E-state index in [1.165, 1.54) is 0 Å². The number of non-ortho nitro benzene ring substituents is 2. The van der Waals surface area contributed by atoms with Crippen molar-refractivity contribution in [3.05, 3.63) is 44.0 Å². The largest absolute Gasteiger partial charge is 0.478 e. The Labute approximate surface area is 117 Å². The topological polar surface area (TPSA) is 153 Å². The molecule has 0 radical (unpaired) electrons. The first-order valence-electron chi connectivity index (χ1n) is 5.75. The Bertz CT molecular complexity index is 512. The molecule has 0 atom stereocenters. The number of rotatable bonds is 3. The number of benzene rings is 1. The number of nitro groups is 2. The van der Waals surface area contributed by atoms with E-state index < -0.39 is 32.8 Å². The van der Waals surface area contributed by atoms with Crippen LogP contribution in [-0.2, 0) is 4.79 Å². The quantitative estimate of drug-likeness (QED) is 0.625. The first kappa shape index (κ1) is 16.0. The molecule has 1 aliphatic rings. The maximum atomic E-state index is 10.5.